The molecule has 0 saturated carbocycles. The number of rotatable bonds is 2. The molecule has 3 aromatic rings. The Morgan fingerprint density at radius 1 is 1.04 bits per heavy atom. The normalized spacial score (nSPS) is 13.6. The van der Waals surface area contributed by atoms with Gasteiger partial charge in [0.25, 0.3) is 0 Å². The fourth-order valence-corrected chi connectivity index (χ4v) is 3.67. The Balaban J connectivity index is 0.000000815. The topological polar surface area (TPSA) is 22.4 Å². The van der Waals surface area contributed by atoms with Gasteiger partial charge in [0.1, 0.15) is 22.7 Å². The average molecular weight is 336 g/mol. The minimum atomic E-state index is 0.794. The summed E-state index contributed by atoms with van der Waals surface area (Å²) in [7, 11) is 0. The molecule has 0 bridgehead atoms. The van der Waals surface area contributed by atoms with E-state index < -0.39 is 0 Å². The summed E-state index contributed by atoms with van der Waals surface area (Å²) in [6, 6.07) is 12.2. The molecular weight excluding hydrogens is 316 g/mol. The van der Waals surface area contributed by atoms with E-state index in [1.54, 1.807) is 17.8 Å². The van der Waals surface area contributed by atoms with E-state index in [-0.39, 0.29) is 0 Å². The van der Waals surface area contributed by atoms with E-state index in [4.69, 9.17) is 9.15 Å². The largest absolute Gasteiger partial charge is 0.456 e. The van der Waals surface area contributed by atoms with Crippen molar-refractivity contribution in [3.05, 3.63) is 71.9 Å². The number of furan rings is 1. The lowest BCUT2D eigenvalue weighted by molar-refractivity contribution is 0.430. The van der Waals surface area contributed by atoms with Crippen LogP contribution < -0.4 is 4.74 Å². The van der Waals surface area contributed by atoms with Crippen molar-refractivity contribution in [3.63, 3.8) is 0 Å². The van der Waals surface area contributed by atoms with Gasteiger partial charge in [0.15, 0.2) is 0 Å². The Hall–Kier alpha value is -2.39. The van der Waals surface area contributed by atoms with Crippen molar-refractivity contribution < 1.29 is 9.15 Å². The van der Waals surface area contributed by atoms with Crippen LogP contribution in [0.15, 0.2) is 81.2 Å². The maximum absolute atomic E-state index is 6.02. The van der Waals surface area contributed by atoms with Gasteiger partial charge >= 0.3 is 0 Å². The molecular formula is C21H20O2S. The zero-order valence-corrected chi connectivity index (χ0v) is 14.9. The molecule has 1 aliphatic heterocycles. The van der Waals surface area contributed by atoms with Crippen LogP contribution in [0.1, 0.15) is 20.8 Å². The van der Waals surface area contributed by atoms with E-state index in [0.717, 1.165) is 43.2 Å². The van der Waals surface area contributed by atoms with Crippen molar-refractivity contribution in [2.45, 2.75) is 25.7 Å². The number of hydrogen-bond acceptors (Lipinski definition) is 3. The first-order valence-electron chi connectivity index (χ1n) is 8.10. The Morgan fingerprint density at radius 2 is 1.83 bits per heavy atom. The number of thioether (sulfide) groups is 1. The van der Waals surface area contributed by atoms with Gasteiger partial charge in [-0.1, -0.05) is 56.5 Å². The number of hydrogen-bond donors (Lipinski definition) is 0. The number of ether oxygens (including phenoxy) is 1. The number of benzene rings is 2. The predicted octanol–water partition coefficient (Wildman–Crippen LogP) is 7.07. The molecule has 2 nitrogen and oxygen atoms in total. The molecule has 0 saturated heterocycles. The molecule has 0 amide bonds. The smallest absolute Gasteiger partial charge is 0.142 e. The third kappa shape index (κ3) is 2.76. The first-order valence-corrected chi connectivity index (χ1v) is 8.92. The third-order valence-electron chi connectivity index (χ3n) is 3.63. The molecule has 1 aromatic heterocycles. The first-order chi connectivity index (χ1) is 11.8. The van der Waals surface area contributed by atoms with Crippen LogP contribution in [0.2, 0.25) is 0 Å². The lowest BCUT2D eigenvalue weighted by Gasteiger charge is -2.19. The zero-order chi connectivity index (χ0) is 17.1. The standard InChI is InChI=1S/C19H14O2S.C2H6/c1-3-7-18-14(4-2)20-17-10-13-12-8-5-6-9-15(12)21-16(13)11-19(17)22-18;1-2/h3-11H,2H2,1H3;1-2H3/b7-3-;. The van der Waals surface area contributed by atoms with Crippen LogP contribution in [0.4, 0.5) is 0 Å². The molecule has 0 atom stereocenters. The van der Waals surface area contributed by atoms with Gasteiger partial charge in [-0.15, -0.1) is 0 Å². The predicted molar refractivity (Wildman–Crippen MR) is 104 cm³/mol. The second-order valence-corrected chi connectivity index (χ2v) is 6.11. The highest BCUT2D eigenvalue weighted by Gasteiger charge is 2.20. The van der Waals surface area contributed by atoms with E-state index in [2.05, 4.69) is 24.8 Å². The Bertz CT molecular complexity index is 961. The van der Waals surface area contributed by atoms with Crippen LogP contribution in [0.25, 0.3) is 21.9 Å². The highest BCUT2D eigenvalue weighted by atomic mass is 32.2. The Labute approximate surface area is 146 Å². The van der Waals surface area contributed by atoms with Gasteiger partial charge in [-0.3, -0.25) is 0 Å². The monoisotopic (exact) mass is 336 g/mol. The van der Waals surface area contributed by atoms with Gasteiger partial charge in [0, 0.05) is 10.8 Å². The lowest BCUT2D eigenvalue weighted by Crippen LogP contribution is -2.01. The van der Waals surface area contributed by atoms with Crippen LogP contribution in [0.3, 0.4) is 0 Å². The number of allylic oxidation sites excluding steroid dienone is 3. The summed E-state index contributed by atoms with van der Waals surface area (Å²) in [5, 5.41) is 2.19. The van der Waals surface area contributed by atoms with Gasteiger partial charge in [0.05, 0.1) is 9.80 Å². The van der Waals surface area contributed by atoms with E-state index >= 15 is 0 Å². The molecule has 2 heterocycles. The van der Waals surface area contributed by atoms with E-state index in [1.165, 1.54) is 0 Å². The van der Waals surface area contributed by atoms with Crippen molar-refractivity contribution in [1.29, 1.82) is 0 Å². The molecule has 4 rings (SSSR count). The summed E-state index contributed by atoms with van der Waals surface area (Å²) in [6.07, 6.45) is 5.79. The average Bonchev–Trinajstić information content (AvgIpc) is 2.98. The molecule has 0 unspecified atom stereocenters. The summed E-state index contributed by atoms with van der Waals surface area (Å²) in [4.78, 5) is 2.12. The van der Waals surface area contributed by atoms with Crippen LogP contribution in [0.5, 0.6) is 5.75 Å². The highest BCUT2D eigenvalue weighted by molar-refractivity contribution is 8.03. The summed E-state index contributed by atoms with van der Waals surface area (Å²) < 4.78 is 12.0. The first kappa shape index (κ1) is 16.5. The molecule has 122 valence electrons. The quantitative estimate of drug-likeness (QED) is 0.499. The molecule has 1 aliphatic rings. The summed E-state index contributed by atoms with van der Waals surface area (Å²) >= 11 is 1.68. The van der Waals surface area contributed by atoms with Gasteiger partial charge < -0.3 is 9.15 Å². The minimum Gasteiger partial charge on any atom is -0.456 e. The molecule has 24 heavy (non-hydrogen) atoms. The molecule has 0 radical (unpaired) electrons. The van der Waals surface area contributed by atoms with Crippen LogP contribution in [-0.2, 0) is 0 Å². The molecule has 0 fully saturated rings. The SMILES string of the molecule is C=CC1=C(/C=C\C)Sc2cc3oc4ccccc4c3cc2O1.CC. The summed E-state index contributed by atoms with van der Waals surface area (Å²) in [5.41, 5.74) is 1.79. The fraction of sp³-hybridized carbons (Fsp3) is 0.143. The zero-order valence-electron chi connectivity index (χ0n) is 14.1. The van der Waals surface area contributed by atoms with Crippen molar-refractivity contribution >= 4 is 33.7 Å². The molecule has 3 heteroatoms. The van der Waals surface area contributed by atoms with Gasteiger partial charge in [-0.05, 0) is 37.3 Å². The van der Waals surface area contributed by atoms with Gasteiger partial charge in [0.2, 0.25) is 0 Å². The lowest BCUT2D eigenvalue weighted by atomic mass is 10.1. The van der Waals surface area contributed by atoms with E-state index in [1.807, 2.05) is 51.1 Å². The molecule has 2 aromatic carbocycles. The second kappa shape index (κ2) is 7.02. The van der Waals surface area contributed by atoms with E-state index in [0.29, 0.717) is 0 Å². The molecule has 0 spiro atoms. The van der Waals surface area contributed by atoms with Crippen LogP contribution in [-0.4, -0.2) is 0 Å². The Kier molecular flexibility index (Phi) is 4.81. The van der Waals surface area contributed by atoms with Crippen LogP contribution in [0, 0.1) is 0 Å². The molecule has 0 N–H and O–H groups in total. The molecule has 0 aliphatic carbocycles. The van der Waals surface area contributed by atoms with Crippen molar-refractivity contribution in [2.24, 2.45) is 0 Å². The number of para-hydroxylation sites is 1. The van der Waals surface area contributed by atoms with Crippen LogP contribution >= 0.6 is 11.8 Å². The van der Waals surface area contributed by atoms with Crippen molar-refractivity contribution in [1.82, 2.24) is 0 Å². The third-order valence-corrected chi connectivity index (χ3v) is 4.73. The van der Waals surface area contributed by atoms with Crippen molar-refractivity contribution in [2.75, 3.05) is 0 Å². The minimum absolute atomic E-state index is 0.794. The van der Waals surface area contributed by atoms with Crippen molar-refractivity contribution in [3.8, 4) is 5.75 Å². The summed E-state index contributed by atoms with van der Waals surface area (Å²) in [6.45, 7) is 9.84. The number of fused-ring (bicyclic) bond motifs is 4. The second-order valence-electron chi connectivity index (χ2n) is 5.03. The van der Waals surface area contributed by atoms with E-state index in [9.17, 15) is 0 Å². The van der Waals surface area contributed by atoms with Gasteiger partial charge in [-0.2, -0.15) is 0 Å². The van der Waals surface area contributed by atoms with Gasteiger partial charge in [-0.25, -0.2) is 0 Å². The summed E-state index contributed by atoms with van der Waals surface area (Å²) in [5.74, 6) is 1.65. The highest BCUT2D eigenvalue weighted by Crippen LogP contribution is 2.45. The maximum atomic E-state index is 6.02. The fourth-order valence-electron chi connectivity index (χ4n) is 2.64. The maximum Gasteiger partial charge on any atom is 0.142 e. The Morgan fingerprint density at radius 3 is 2.58 bits per heavy atom.